The van der Waals surface area contributed by atoms with Crippen LogP contribution in [0.5, 0.6) is 11.6 Å². The maximum Gasteiger partial charge on any atom is 0.264 e. The molecule has 8 nitrogen and oxygen atoms in total. The van der Waals surface area contributed by atoms with Crippen molar-refractivity contribution in [3.63, 3.8) is 0 Å². The molecule has 0 saturated carbocycles. The van der Waals surface area contributed by atoms with Crippen LogP contribution >= 0.6 is 0 Å². The fraction of sp³-hybridized carbons (Fsp3) is 0.286. The zero-order valence-electron chi connectivity index (χ0n) is 13.0. The second-order valence-electron chi connectivity index (χ2n) is 4.91. The van der Waals surface area contributed by atoms with E-state index in [4.69, 9.17) is 15.2 Å². The molecule has 3 N–H and O–H groups in total. The Labute approximate surface area is 134 Å². The third-order valence-corrected chi connectivity index (χ3v) is 4.05. The molecule has 9 heteroatoms. The molecule has 0 aliphatic heterocycles. The van der Waals surface area contributed by atoms with Crippen molar-refractivity contribution >= 4 is 21.7 Å². The number of nitrogens with two attached hydrogens (primary N) is 1. The number of nitrogens with zero attached hydrogens (tertiary/aromatic N) is 2. The van der Waals surface area contributed by atoms with Gasteiger partial charge in [-0.1, -0.05) is 0 Å². The van der Waals surface area contributed by atoms with Gasteiger partial charge in [0, 0.05) is 5.69 Å². The first kappa shape index (κ1) is 16.8. The van der Waals surface area contributed by atoms with Crippen LogP contribution in [0.4, 0.5) is 11.6 Å². The molecular weight excluding hydrogens is 320 g/mol. The number of anilines is 2. The minimum absolute atomic E-state index is 0.0532. The van der Waals surface area contributed by atoms with Crippen molar-refractivity contribution in [3.8, 4) is 11.6 Å². The lowest BCUT2D eigenvalue weighted by molar-refractivity contribution is 0.220. The number of nitrogen functional groups attached to an aromatic ring is 1. The zero-order chi connectivity index (χ0) is 17.0. The van der Waals surface area contributed by atoms with Crippen LogP contribution in [0, 0.1) is 0 Å². The van der Waals surface area contributed by atoms with E-state index >= 15 is 0 Å². The summed E-state index contributed by atoms with van der Waals surface area (Å²) in [5.74, 6) is 0.361. The van der Waals surface area contributed by atoms with Gasteiger partial charge >= 0.3 is 0 Å². The van der Waals surface area contributed by atoms with Crippen molar-refractivity contribution in [2.45, 2.75) is 24.8 Å². The molecule has 23 heavy (non-hydrogen) atoms. The van der Waals surface area contributed by atoms with Crippen molar-refractivity contribution < 1.29 is 17.9 Å². The smallest absolute Gasteiger partial charge is 0.264 e. The van der Waals surface area contributed by atoms with Gasteiger partial charge in [0.2, 0.25) is 5.95 Å². The van der Waals surface area contributed by atoms with Gasteiger partial charge in [-0.2, -0.15) is 4.98 Å². The summed E-state index contributed by atoms with van der Waals surface area (Å²) in [5.41, 5.74) is 6.02. The SMILES string of the molecule is COc1cnc(NS(=O)(=O)c2ccc(N)cc2)nc1OC(C)C. The van der Waals surface area contributed by atoms with E-state index in [0.29, 0.717) is 11.4 Å². The Hall–Kier alpha value is -2.55. The summed E-state index contributed by atoms with van der Waals surface area (Å²) in [4.78, 5) is 8.01. The lowest BCUT2D eigenvalue weighted by atomic mass is 10.3. The first-order chi connectivity index (χ1) is 10.8. The molecule has 0 atom stereocenters. The van der Waals surface area contributed by atoms with E-state index in [1.54, 1.807) is 0 Å². The number of hydrogen-bond acceptors (Lipinski definition) is 7. The molecule has 0 spiro atoms. The number of rotatable bonds is 6. The van der Waals surface area contributed by atoms with Crippen LogP contribution in [0.3, 0.4) is 0 Å². The molecule has 1 aromatic carbocycles. The van der Waals surface area contributed by atoms with E-state index in [-0.39, 0.29) is 22.8 Å². The maximum atomic E-state index is 12.3. The van der Waals surface area contributed by atoms with Crippen molar-refractivity contribution in [2.75, 3.05) is 17.6 Å². The Bertz CT molecular complexity index is 776. The highest BCUT2D eigenvalue weighted by Crippen LogP contribution is 2.26. The molecule has 0 amide bonds. The minimum Gasteiger partial charge on any atom is -0.490 e. The summed E-state index contributed by atoms with van der Waals surface area (Å²) in [6, 6.07) is 5.78. The first-order valence-corrected chi connectivity index (χ1v) is 8.26. The highest BCUT2D eigenvalue weighted by atomic mass is 32.2. The van der Waals surface area contributed by atoms with E-state index in [2.05, 4.69) is 14.7 Å². The van der Waals surface area contributed by atoms with Crippen molar-refractivity contribution in [3.05, 3.63) is 30.5 Å². The summed E-state index contributed by atoms with van der Waals surface area (Å²) >= 11 is 0. The van der Waals surface area contributed by atoms with Gasteiger partial charge in [0.15, 0.2) is 5.75 Å². The topological polar surface area (TPSA) is 116 Å². The average molecular weight is 338 g/mol. The Morgan fingerprint density at radius 2 is 1.87 bits per heavy atom. The van der Waals surface area contributed by atoms with Crippen LogP contribution in [0.15, 0.2) is 35.4 Å². The number of sulfonamides is 1. The Balaban J connectivity index is 2.30. The molecule has 0 aliphatic rings. The van der Waals surface area contributed by atoms with Crippen LogP contribution < -0.4 is 19.9 Å². The number of hydrogen-bond donors (Lipinski definition) is 2. The summed E-state index contributed by atoms with van der Waals surface area (Å²) in [6.45, 7) is 3.64. The molecule has 0 unspecified atom stereocenters. The van der Waals surface area contributed by atoms with E-state index in [9.17, 15) is 8.42 Å². The van der Waals surface area contributed by atoms with Gasteiger partial charge in [0.05, 0.1) is 24.3 Å². The second-order valence-corrected chi connectivity index (χ2v) is 6.59. The van der Waals surface area contributed by atoms with Crippen LogP contribution in [0.25, 0.3) is 0 Å². The quantitative estimate of drug-likeness (QED) is 0.769. The van der Waals surface area contributed by atoms with Gasteiger partial charge in [0.1, 0.15) is 0 Å². The number of methoxy groups -OCH3 is 1. The number of benzene rings is 1. The number of nitrogens with one attached hydrogen (secondary N) is 1. The van der Waals surface area contributed by atoms with Crippen molar-refractivity contribution in [1.82, 2.24) is 9.97 Å². The molecule has 124 valence electrons. The Morgan fingerprint density at radius 1 is 1.22 bits per heavy atom. The fourth-order valence-corrected chi connectivity index (χ4v) is 2.63. The predicted octanol–water partition coefficient (Wildman–Crippen LogP) is 1.66. The molecule has 1 heterocycles. The highest BCUT2D eigenvalue weighted by molar-refractivity contribution is 7.92. The van der Waals surface area contributed by atoms with Crippen molar-refractivity contribution in [1.29, 1.82) is 0 Å². The third-order valence-electron chi connectivity index (χ3n) is 2.71. The van der Waals surface area contributed by atoms with Gasteiger partial charge in [-0.15, -0.1) is 0 Å². The second kappa shape index (κ2) is 6.69. The predicted molar refractivity (Wildman–Crippen MR) is 86.0 cm³/mol. The first-order valence-electron chi connectivity index (χ1n) is 6.78. The fourth-order valence-electron chi connectivity index (χ4n) is 1.68. The Morgan fingerprint density at radius 3 is 2.43 bits per heavy atom. The molecule has 0 bridgehead atoms. The molecule has 0 aliphatic carbocycles. The van der Waals surface area contributed by atoms with Gasteiger partial charge in [-0.05, 0) is 38.1 Å². The number of aromatic nitrogens is 2. The molecule has 0 radical (unpaired) electrons. The third kappa shape index (κ3) is 4.22. The van der Waals surface area contributed by atoms with Gasteiger partial charge in [0.25, 0.3) is 15.9 Å². The standard InChI is InChI=1S/C14H18N4O4S/c1-9(2)22-13-12(21-3)8-16-14(17-13)18-23(19,20)11-6-4-10(15)5-7-11/h4-9H,15H2,1-3H3,(H,16,17,18). The van der Waals surface area contributed by atoms with E-state index in [1.807, 2.05) is 13.8 Å². The molecule has 2 aromatic rings. The van der Waals surface area contributed by atoms with Crippen LogP contribution in [-0.2, 0) is 10.0 Å². The molecule has 0 saturated heterocycles. The van der Waals surface area contributed by atoms with Crippen LogP contribution in [-0.4, -0.2) is 31.6 Å². The largest absolute Gasteiger partial charge is 0.490 e. The Kier molecular flexibility index (Phi) is 4.89. The summed E-state index contributed by atoms with van der Waals surface area (Å²) in [6.07, 6.45) is 1.19. The summed E-state index contributed by atoms with van der Waals surface area (Å²) in [7, 11) is -2.37. The summed E-state index contributed by atoms with van der Waals surface area (Å²) < 4.78 is 37.5. The monoisotopic (exact) mass is 338 g/mol. The lowest BCUT2D eigenvalue weighted by Gasteiger charge is -2.13. The highest BCUT2D eigenvalue weighted by Gasteiger charge is 2.18. The van der Waals surface area contributed by atoms with Gasteiger partial charge < -0.3 is 15.2 Å². The minimum atomic E-state index is -3.82. The van der Waals surface area contributed by atoms with Crippen molar-refractivity contribution in [2.24, 2.45) is 0 Å². The van der Waals surface area contributed by atoms with Gasteiger partial charge in [-0.3, -0.25) is 0 Å². The average Bonchev–Trinajstić information content (AvgIpc) is 2.47. The van der Waals surface area contributed by atoms with E-state index in [0.717, 1.165) is 0 Å². The number of ether oxygens (including phenoxy) is 2. The maximum absolute atomic E-state index is 12.3. The zero-order valence-corrected chi connectivity index (χ0v) is 13.8. The summed E-state index contributed by atoms with van der Waals surface area (Å²) in [5, 5.41) is 0. The van der Waals surface area contributed by atoms with E-state index < -0.39 is 10.0 Å². The molecule has 2 rings (SSSR count). The normalized spacial score (nSPS) is 11.3. The lowest BCUT2D eigenvalue weighted by Crippen LogP contribution is -2.16. The molecule has 0 fully saturated rings. The van der Waals surface area contributed by atoms with E-state index in [1.165, 1.54) is 37.6 Å². The molecule has 1 aromatic heterocycles. The molecular formula is C14H18N4O4S. The van der Waals surface area contributed by atoms with Crippen LogP contribution in [0.1, 0.15) is 13.8 Å². The van der Waals surface area contributed by atoms with Gasteiger partial charge in [-0.25, -0.2) is 18.1 Å². The van der Waals surface area contributed by atoms with Crippen LogP contribution in [0.2, 0.25) is 0 Å².